The van der Waals surface area contributed by atoms with Crippen LogP contribution < -0.4 is 5.32 Å². The Morgan fingerprint density at radius 1 is 1.64 bits per heavy atom. The van der Waals surface area contributed by atoms with Gasteiger partial charge >= 0.3 is 0 Å². The maximum absolute atomic E-state index is 5.06. The molecule has 1 saturated heterocycles. The lowest BCUT2D eigenvalue weighted by molar-refractivity contribution is 0.153. The molecule has 0 aromatic rings. The number of rotatable bonds is 2. The number of hydrogen-bond acceptors (Lipinski definition) is 2. The second-order valence-corrected chi connectivity index (χ2v) is 3.13. The fourth-order valence-corrected chi connectivity index (χ4v) is 1.42. The lowest BCUT2D eigenvalue weighted by Gasteiger charge is -2.18. The van der Waals surface area contributed by atoms with Crippen molar-refractivity contribution in [2.45, 2.75) is 12.5 Å². The number of likely N-dealkylation sites (N-methyl/N-ethyl adjacent to an activating group) is 1. The van der Waals surface area contributed by atoms with Crippen LogP contribution in [-0.4, -0.2) is 51.3 Å². The SMILES string of the molecule is COCC1CN(C)CCC[N]1. The highest BCUT2D eigenvalue weighted by Gasteiger charge is 2.14. The minimum Gasteiger partial charge on any atom is -0.383 e. The van der Waals surface area contributed by atoms with Crippen molar-refractivity contribution < 1.29 is 4.74 Å². The van der Waals surface area contributed by atoms with E-state index in [1.807, 2.05) is 0 Å². The maximum atomic E-state index is 5.06. The molecule has 0 N–H and O–H groups in total. The van der Waals surface area contributed by atoms with Crippen molar-refractivity contribution in [3.8, 4) is 0 Å². The summed E-state index contributed by atoms with van der Waals surface area (Å²) in [7, 11) is 3.88. The third kappa shape index (κ3) is 3.18. The topological polar surface area (TPSA) is 26.6 Å². The van der Waals surface area contributed by atoms with Crippen LogP contribution in [0.15, 0.2) is 0 Å². The molecule has 11 heavy (non-hydrogen) atoms. The van der Waals surface area contributed by atoms with Crippen molar-refractivity contribution in [1.82, 2.24) is 10.2 Å². The highest BCUT2D eigenvalue weighted by molar-refractivity contribution is 4.73. The molecule has 1 fully saturated rings. The second-order valence-electron chi connectivity index (χ2n) is 3.13. The molecule has 3 heteroatoms. The number of hydrogen-bond donors (Lipinski definition) is 0. The van der Waals surface area contributed by atoms with Crippen molar-refractivity contribution in [2.24, 2.45) is 0 Å². The van der Waals surface area contributed by atoms with E-state index in [4.69, 9.17) is 4.74 Å². The normalized spacial score (nSPS) is 28.4. The van der Waals surface area contributed by atoms with Crippen LogP contribution in [0.25, 0.3) is 0 Å². The van der Waals surface area contributed by atoms with E-state index in [0.717, 1.165) is 19.7 Å². The van der Waals surface area contributed by atoms with E-state index in [-0.39, 0.29) is 0 Å². The van der Waals surface area contributed by atoms with Gasteiger partial charge in [0.1, 0.15) is 0 Å². The first-order valence-corrected chi connectivity index (χ1v) is 4.17. The summed E-state index contributed by atoms with van der Waals surface area (Å²) in [5, 5.41) is 4.50. The average molecular weight is 157 g/mol. The molecule has 0 amide bonds. The van der Waals surface area contributed by atoms with Crippen molar-refractivity contribution in [1.29, 1.82) is 0 Å². The molecule has 0 saturated carbocycles. The summed E-state index contributed by atoms with van der Waals surface area (Å²) in [5.74, 6) is 0. The third-order valence-corrected chi connectivity index (χ3v) is 1.97. The molecule has 1 aliphatic rings. The zero-order valence-electron chi connectivity index (χ0n) is 7.42. The largest absolute Gasteiger partial charge is 0.383 e. The van der Waals surface area contributed by atoms with Gasteiger partial charge in [-0.3, -0.25) is 0 Å². The molecular formula is C8H17N2O. The Balaban J connectivity index is 2.27. The third-order valence-electron chi connectivity index (χ3n) is 1.97. The predicted octanol–water partition coefficient (Wildman–Crippen LogP) is -0.0587. The Morgan fingerprint density at radius 3 is 3.18 bits per heavy atom. The van der Waals surface area contributed by atoms with Crippen LogP contribution in [0.1, 0.15) is 6.42 Å². The summed E-state index contributed by atoms with van der Waals surface area (Å²) in [6.45, 7) is 3.99. The van der Waals surface area contributed by atoms with Crippen LogP contribution in [0, 0.1) is 0 Å². The molecule has 3 nitrogen and oxygen atoms in total. The van der Waals surface area contributed by atoms with Crippen molar-refractivity contribution in [2.75, 3.05) is 40.4 Å². The Bertz CT molecular complexity index is 108. The number of methoxy groups -OCH3 is 1. The van der Waals surface area contributed by atoms with E-state index in [1.54, 1.807) is 7.11 Å². The maximum Gasteiger partial charge on any atom is 0.0644 e. The molecule has 0 aromatic carbocycles. The summed E-state index contributed by atoms with van der Waals surface area (Å²) >= 11 is 0. The fraction of sp³-hybridized carbons (Fsp3) is 1.00. The molecule has 1 rings (SSSR count). The van der Waals surface area contributed by atoms with Gasteiger partial charge in [-0.15, -0.1) is 0 Å². The van der Waals surface area contributed by atoms with Gasteiger partial charge in [0.25, 0.3) is 0 Å². The lowest BCUT2D eigenvalue weighted by atomic mass is 10.3. The van der Waals surface area contributed by atoms with Crippen LogP contribution in [0.5, 0.6) is 0 Å². The number of nitrogens with zero attached hydrogens (tertiary/aromatic N) is 2. The summed E-state index contributed by atoms with van der Waals surface area (Å²) in [5.41, 5.74) is 0. The molecule has 1 radical (unpaired) electrons. The molecule has 1 aliphatic heterocycles. The molecule has 1 heterocycles. The van der Waals surface area contributed by atoms with Crippen LogP contribution in [0.3, 0.4) is 0 Å². The first-order chi connectivity index (χ1) is 5.33. The van der Waals surface area contributed by atoms with Gasteiger partial charge in [0.2, 0.25) is 0 Å². The zero-order chi connectivity index (χ0) is 8.10. The van der Waals surface area contributed by atoms with Gasteiger partial charge in [-0.25, -0.2) is 5.32 Å². The monoisotopic (exact) mass is 157 g/mol. The fourth-order valence-electron chi connectivity index (χ4n) is 1.42. The summed E-state index contributed by atoms with van der Waals surface area (Å²) in [6.07, 6.45) is 1.19. The van der Waals surface area contributed by atoms with Gasteiger partial charge in [-0.1, -0.05) is 0 Å². The Kier molecular flexibility index (Phi) is 3.83. The predicted molar refractivity (Wildman–Crippen MR) is 44.8 cm³/mol. The number of ether oxygens (including phenoxy) is 1. The zero-order valence-corrected chi connectivity index (χ0v) is 7.42. The molecule has 1 unspecified atom stereocenters. The molecule has 0 aliphatic carbocycles. The summed E-state index contributed by atoms with van der Waals surface area (Å²) < 4.78 is 5.06. The van der Waals surface area contributed by atoms with Gasteiger partial charge in [0.15, 0.2) is 0 Å². The van der Waals surface area contributed by atoms with Crippen molar-refractivity contribution in [3.05, 3.63) is 0 Å². The van der Waals surface area contributed by atoms with Crippen molar-refractivity contribution >= 4 is 0 Å². The minimum atomic E-state index is 0.396. The first-order valence-electron chi connectivity index (χ1n) is 4.17. The first kappa shape index (κ1) is 8.97. The van der Waals surface area contributed by atoms with Crippen LogP contribution in [0.4, 0.5) is 0 Å². The molecule has 1 atom stereocenters. The standard InChI is InChI=1S/C8H17N2O/c1-10-5-3-4-9-8(6-10)7-11-2/h8H,3-7H2,1-2H3. The quantitative estimate of drug-likeness (QED) is 0.561. The van der Waals surface area contributed by atoms with Crippen LogP contribution in [-0.2, 0) is 4.74 Å². The Morgan fingerprint density at radius 2 is 2.45 bits per heavy atom. The van der Waals surface area contributed by atoms with Gasteiger partial charge in [-0.05, 0) is 20.0 Å². The lowest BCUT2D eigenvalue weighted by Crippen LogP contribution is -2.35. The highest BCUT2D eigenvalue weighted by Crippen LogP contribution is 1.99. The van der Waals surface area contributed by atoms with E-state index in [1.165, 1.54) is 13.0 Å². The summed E-state index contributed by atoms with van der Waals surface area (Å²) in [4.78, 5) is 2.32. The van der Waals surface area contributed by atoms with Crippen LogP contribution in [0.2, 0.25) is 0 Å². The molecule has 0 bridgehead atoms. The Hall–Kier alpha value is -0.120. The van der Waals surface area contributed by atoms with E-state index >= 15 is 0 Å². The van der Waals surface area contributed by atoms with E-state index in [0.29, 0.717) is 6.04 Å². The van der Waals surface area contributed by atoms with Crippen molar-refractivity contribution in [3.63, 3.8) is 0 Å². The molecular weight excluding hydrogens is 140 g/mol. The van der Waals surface area contributed by atoms with Gasteiger partial charge in [-0.2, -0.15) is 0 Å². The van der Waals surface area contributed by atoms with Crippen LogP contribution >= 0.6 is 0 Å². The average Bonchev–Trinajstić information content (AvgIpc) is 2.15. The molecule has 65 valence electrons. The minimum absolute atomic E-state index is 0.396. The van der Waals surface area contributed by atoms with E-state index < -0.39 is 0 Å². The van der Waals surface area contributed by atoms with Gasteiger partial charge in [0, 0.05) is 20.2 Å². The summed E-state index contributed by atoms with van der Waals surface area (Å²) in [6, 6.07) is 0.396. The van der Waals surface area contributed by atoms with E-state index in [9.17, 15) is 0 Å². The van der Waals surface area contributed by atoms with Gasteiger partial charge in [0.05, 0.1) is 12.6 Å². The highest BCUT2D eigenvalue weighted by atomic mass is 16.5. The smallest absolute Gasteiger partial charge is 0.0644 e. The Labute approximate surface area is 68.7 Å². The second kappa shape index (κ2) is 4.70. The molecule has 0 aromatic heterocycles. The van der Waals surface area contributed by atoms with Gasteiger partial charge < -0.3 is 9.64 Å². The molecule has 0 spiro atoms. The van der Waals surface area contributed by atoms with E-state index in [2.05, 4.69) is 17.3 Å².